The van der Waals surface area contributed by atoms with Gasteiger partial charge in [0.1, 0.15) is 6.04 Å². The SMILES string of the molecule is CCCCNC(=O)[C@H](Cc1ccccc1)N(Cc1ccc(C)cc1)C(=O)CCCN(c1cccc(Cl)c1C)S(C)(=O)=O. The van der Waals surface area contributed by atoms with Gasteiger partial charge in [-0.15, -0.1) is 0 Å². The van der Waals surface area contributed by atoms with E-state index in [1.807, 2.05) is 61.5 Å². The Hall–Kier alpha value is -3.36. The summed E-state index contributed by atoms with van der Waals surface area (Å²) in [6.45, 7) is 6.75. The molecule has 3 aromatic carbocycles. The highest BCUT2D eigenvalue weighted by Gasteiger charge is 2.30. The number of unbranched alkanes of at least 4 members (excludes halogenated alkanes) is 1. The molecule has 0 aliphatic carbocycles. The molecule has 0 radical (unpaired) electrons. The van der Waals surface area contributed by atoms with Crippen molar-refractivity contribution in [2.24, 2.45) is 0 Å². The third-order valence-electron chi connectivity index (χ3n) is 7.23. The topological polar surface area (TPSA) is 86.8 Å². The lowest BCUT2D eigenvalue weighted by Crippen LogP contribution is -2.50. The molecule has 2 amide bonds. The molecule has 7 nitrogen and oxygen atoms in total. The van der Waals surface area contributed by atoms with Crippen molar-refractivity contribution < 1.29 is 18.0 Å². The summed E-state index contributed by atoms with van der Waals surface area (Å²) in [6.07, 6.45) is 3.66. The van der Waals surface area contributed by atoms with Crippen LogP contribution in [-0.4, -0.2) is 50.5 Å². The summed E-state index contributed by atoms with van der Waals surface area (Å²) in [5, 5.41) is 3.50. The minimum absolute atomic E-state index is 0.0744. The maximum atomic E-state index is 13.9. The van der Waals surface area contributed by atoms with Gasteiger partial charge in [-0.3, -0.25) is 13.9 Å². The molecule has 226 valence electrons. The van der Waals surface area contributed by atoms with Gasteiger partial charge in [-0.2, -0.15) is 0 Å². The van der Waals surface area contributed by atoms with E-state index in [9.17, 15) is 18.0 Å². The van der Waals surface area contributed by atoms with Crippen molar-refractivity contribution in [1.82, 2.24) is 10.2 Å². The number of hydrogen-bond acceptors (Lipinski definition) is 4. The molecule has 0 heterocycles. The number of anilines is 1. The van der Waals surface area contributed by atoms with Gasteiger partial charge in [-0.05, 0) is 55.5 Å². The lowest BCUT2D eigenvalue weighted by Gasteiger charge is -2.32. The second-order valence-corrected chi connectivity index (χ2v) is 13.0. The quantitative estimate of drug-likeness (QED) is 0.212. The number of aryl methyl sites for hydroxylation is 1. The number of rotatable bonds is 15. The fourth-order valence-corrected chi connectivity index (χ4v) is 5.98. The normalized spacial score (nSPS) is 12.0. The van der Waals surface area contributed by atoms with Crippen LogP contribution in [-0.2, 0) is 32.6 Å². The van der Waals surface area contributed by atoms with Gasteiger partial charge in [-0.1, -0.05) is 91.2 Å². The van der Waals surface area contributed by atoms with Gasteiger partial charge in [0, 0.05) is 37.5 Å². The summed E-state index contributed by atoms with van der Waals surface area (Å²) >= 11 is 6.28. The van der Waals surface area contributed by atoms with Crippen molar-refractivity contribution in [3.63, 3.8) is 0 Å². The highest BCUT2D eigenvalue weighted by atomic mass is 35.5. The summed E-state index contributed by atoms with van der Waals surface area (Å²) in [5.74, 6) is -0.404. The molecule has 0 saturated heterocycles. The molecule has 9 heteroatoms. The summed E-state index contributed by atoms with van der Waals surface area (Å²) in [4.78, 5) is 29.1. The smallest absolute Gasteiger partial charge is 0.243 e. The predicted octanol–water partition coefficient (Wildman–Crippen LogP) is 6.06. The third kappa shape index (κ3) is 9.60. The van der Waals surface area contributed by atoms with E-state index in [2.05, 4.69) is 12.2 Å². The first-order valence-electron chi connectivity index (χ1n) is 14.4. The number of sulfonamides is 1. The zero-order chi connectivity index (χ0) is 30.7. The van der Waals surface area contributed by atoms with Crippen molar-refractivity contribution in [3.05, 3.63) is 100 Å². The predicted molar refractivity (Wildman–Crippen MR) is 171 cm³/mol. The number of nitrogens with zero attached hydrogens (tertiary/aromatic N) is 2. The molecular formula is C33H42ClN3O4S. The van der Waals surface area contributed by atoms with Crippen LogP contribution in [0.3, 0.4) is 0 Å². The molecular weight excluding hydrogens is 570 g/mol. The van der Waals surface area contributed by atoms with Gasteiger partial charge < -0.3 is 10.2 Å². The van der Waals surface area contributed by atoms with Crippen LogP contribution in [0.1, 0.15) is 54.9 Å². The Labute approximate surface area is 255 Å². The molecule has 3 aromatic rings. The van der Waals surface area contributed by atoms with Crippen molar-refractivity contribution >= 4 is 39.1 Å². The lowest BCUT2D eigenvalue weighted by atomic mass is 10.0. The third-order valence-corrected chi connectivity index (χ3v) is 8.82. The largest absolute Gasteiger partial charge is 0.354 e. The first-order valence-corrected chi connectivity index (χ1v) is 16.6. The van der Waals surface area contributed by atoms with E-state index in [0.717, 1.165) is 35.8 Å². The van der Waals surface area contributed by atoms with Crippen LogP contribution in [0, 0.1) is 13.8 Å². The average molecular weight is 612 g/mol. The van der Waals surface area contributed by atoms with Crippen molar-refractivity contribution in [2.75, 3.05) is 23.7 Å². The monoisotopic (exact) mass is 611 g/mol. The zero-order valence-electron chi connectivity index (χ0n) is 25.0. The number of carbonyl (C=O) groups is 2. The molecule has 0 fully saturated rings. The van der Waals surface area contributed by atoms with Crippen LogP contribution < -0.4 is 9.62 Å². The molecule has 1 atom stereocenters. The van der Waals surface area contributed by atoms with Gasteiger partial charge in [0.25, 0.3) is 0 Å². The van der Waals surface area contributed by atoms with Crippen molar-refractivity contribution in [3.8, 4) is 0 Å². The molecule has 1 N–H and O–H groups in total. The van der Waals surface area contributed by atoms with E-state index in [1.54, 1.807) is 30.0 Å². The minimum Gasteiger partial charge on any atom is -0.354 e. The molecule has 0 aliphatic heterocycles. The van der Waals surface area contributed by atoms with Crippen LogP contribution in [0.15, 0.2) is 72.8 Å². The number of hydrogen-bond donors (Lipinski definition) is 1. The van der Waals surface area contributed by atoms with Gasteiger partial charge in [0.2, 0.25) is 21.8 Å². The first-order chi connectivity index (χ1) is 20.0. The highest BCUT2D eigenvalue weighted by molar-refractivity contribution is 7.92. The summed E-state index contributed by atoms with van der Waals surface area (Å²) in [7, 11) is -3.63. The molecule has 0 saturated carbocycles. The number of benzene rings is 3. The first kappa shape index (κ1) is 33.1. The molecule has 0 aromatic heterocycles. The molecule has 0 unspecified atom stereocenters. The van der Waals surface area contributed by atoms with Crippen molar-refractivity contribution in [2.45, 2.75) is 65.5 Å². The Morgan fingerprint density at radius 2 is 1.60 bits per heavy atom. The highest BCUT2D eigenvalue weighted by Crippen LogP contribution is 2.28. The number of amides is 2. The number of nitrogens with one attached hydrogen (secondary N) is 1. The lowest BCUT2D eigenvalue weighted by molar-refractivity contribution is -0.141. The van der Waals surface area contributed by atoms with Crippen LogP contribution >= 0.6 is 11.6 Å². The van der Waals surface area contributed by atoms with E-state index in [0.29, 0.717) is 29.2 Å². The summed E-state index contributed by atoms with van der Waals surface area (Å²) in [6, 6.07) is 22.0. The summed E-state index contributed by atoms with van der Waals surface area (Å²) < 4.78 is 26.8. The zero-order valence-corrected chi connectivity index (χ0v) is 26.5. The average Bonchev–Trinajstić information content (AvgIpc) is 2.95. The van der Waals surface area contributed by atoms with Crippen LogP contribution in [0.4, 0.5) is 5.69 Å². The molecule has 0 bridgehead atoms. The molecule has 0 aliphatic rings. The van der Waals surface area contributed by atoms with E-state index in [4.69, 9.17) is 11.6 Å². The fraction of sp³-hybridized carbons (Fsp3) is 0.394. The van der Waals surface area contributed by atoms with Crippen molar-refractivity contribution in [1.29, 1.82) is 0 Å². The number of carbonyl (C=O) groups excluding carboxylic acids is 2. The molecule has 3 rings (SSSR count). The molecule has 42 heavy (non-hydrogen) atoms. The van der Waals surface area contributed by atoms with Crippen LogP contribution in [0.2, 0.25) is 5.02 Å². The van der Waals surface area contributed by atoms with E-state index >= 15 is 0 Å². The second-order valence-electron chi connectivity index (χ2n) is 10.7. The Morgan fingerprint density at radius 3 is 2.24 bits per heavy atom. The van der Waals surface area contributed by atoms with Gasteiger partial charge in [0.15, 0.2) is 0 Å². The Morgan fingerprint density at radius 1 is 0.905 bits per heavy atom. The Bertz CT molecular complexity index is 1430. The maximum absolute atomic E-state index is 13.9. The fourth-order valence-electron chi connectivity index (χ4n) is 4.80. The standard InChI is InChI=1S/C33H42ClN3O4S/c1-5-6-21-35-33(39)31(23-27-12-8-7-9-13-27)36(24-28-19-17-25(2)18-20-28)32(38)16-11-22-37(42(4,40)41)30-15-10-14-29(34)26(30)3/h7-10,12-15,17-20,31H,5-6,11,16,21-24H2,1-4H3,(H,35,39)/t31-/m0/s1. The maximum Gasteiger partial charge on any atom is 0.243 e. The Kier molecular flexibility index (Phi) is 12.4. The van der Waals surface area contributed by atoms with Crippen LogP contribution in [0.5, 0.6) is 0 Å². The molecule has 0 spiro atoms. The summed E-state index contributed by atoms with van der Waals surface area (Å²) in [5.41, 5.74) is 4.12. The van der Waals surface area contributed by atoms with E-state index in [-0.39, 0.29) is 37.7 Å². The van der Waals surface area contributed by atoms with Gasteiger partial charge in [0.05, 0.1) is 11.9 Å². The number of halogens is 1. The van der Waals surface area contributed by atoms with E-state index in [1.165, 1.54) is 4.31 Å². The van der Waals surface area contributed by atoms with Gasteiger partial charge >= 0.3 is 0 Å². The van der Waals surface area contributed by atoms with Crippen LogP contribution in [0.25, 0.3) is 0 Å². The Balaban J connectivity index is 1.88. The minimum atomic E-state index is -3.63. The van der Waals surface area contributed by atoms with Gasteiger partial charge in [-0.25, -0.2) is 8.42 Å². The second kappa shape index (κ2) is 15.8. The van der Waals surface area contributed by atoms with E-state index < -0.39 is 16.1 Å².